The summed E-state index contributed by atoms with van der Waals surface area (Å²) in [5, 5.41) is 0. The largest absolute Gasteiger partial charge is 0.0654 e. The zero-order valence-corrected chi connectivity index (χ0v) is 20.3. The van der Waals surface area contributed by atoms with Gasteiger partial charge < -0.3 is 0 Å². The zero-order chi connectivity index (χ0) is 20.3. The normalized spacial score (nSPS) is 36.2. The van der Waals surface area contributed by atoms with Crippen LogP contribution in [0.5, 0.6) is 0 Å². The maximum atomic E-state index is 2.36. The van der Waals surface area contributed by atoms with E-state index in [1.54, 1.807) is 103 Å². The van der Waals surface area contributed by atoms with Crippen LogP contribution in [0.1, 0.15) is 149 Å². The van der Waals surface area contributed by atoms with Gasteiger partial charge in [0.15, 0.2) is 0 Å². The van der Waals surface area contributed by atoms with Gasteiger partial charge in [0.05, 0.1) is 0 Å². The van der Waals surface area contributed by atoms with Crippen molar-refractivity contribution in [2.45, 2.75) is 149 Å². The molecule has 3 aliphatic carbocycles. The molecule has 3 aliphatic rings. The molecule has 0 radical (unpaired) electrons. The van der Waals surface area contributed by atoms with Crippen LogP contribution in [0.3, 0.4) is 0 Å². The second kappa shape index (κ2) is 13.4. The minimum atomic E-state index is 1.08. The van der Waals surface area contributed by atoms with Crippen LogP contribution in [-0.2, 0) is 0 Å². The molecule has 0 heteroatoms. The van der Waals surface area contributed by atoms with E-state index in [2.05, 4.69) is 13.8 Å². The lowest BCUT2D eigenvalue weighted by molar-refractivity contribution is 0.194. The molecule has 3 saturated carbocycles. The van der Waals surface area contributed by atoms with Gasteiger partial charge in [0.25, 0.3) is 0 Å². The van der Waals surface area contributed by atoms with Gasteiger partial charge in [-0.15, -0.1) is 0 Å². The Balaban J connectivity index is 1.20. The van der Waals surface area contributed by atoms with Crippen LogP contribution in [0.2, 0.25) is 0 Å². The lowest BCUT2D eigenvalue weighted by Gasteiger charge is -2.33. The van der Waals surface area contributed by atoms with Gasteiger partial charge in [-0.3, -0.25) is 0 Å². The molecule has 0 bridgehead atoms. The molecule has 170 valence electrons. The third-order valence-corrected chi connectivity index (χ3v) is 9.53. The van der Waals surface area contributed by atoms with E-state index in [9.17, 15) is 0 Å². The number of hydrogen-bond donors (Lipinski definition) is 0. The molecule has 3 rings (SSSR count). The molecule has 29 heavy (non-hydrogen) atoms. The van der Waals surface area contributed by atoms with Crippen LogP contribution in [-0.4, -0.2) is 0 Å². The average Bonchev–Trinajstić information content (AvgIpc) is 2.77. The van der Waals surface area contributed by atoms with E-state index in [1.807, 2.05) is 0 Å². The highest BCUT2D eigenvalue weighted by Crippen LogP contribution is 2.40. The van der Waals surface area contributed by atoms with Crippen molar-refractivity contribution in [3.05, 3.63) is 0 Å². The monoisotopic (exact) mass is 402 g/mol. The first-order chi connectivity index (χ1) is 14.3. The molecule has 0 N–H and O–H groups in total. The van der Waals surface area contributed by atoms with E-state index in [0.717, 1.165) is 35.5 Å². The standard InChI is InChI=1S/C29H54/c1-3-5-7-25-10-14-27(15-11-25)17-19-29-22-20-28(21-23-29)18-16-26-12-8-24(6-4-2)9-13-26/h24-29H,3-23H2,1-2H3/t24-,25-,26-,27-,28-,29-. The fourth-order valence-electron chi connectivity index (χ4n) is 7.27. The van der Waals surface area contributed by atoms with E-state index in [1.165, 1.54) is 32.1 Å². The Hall–Kier alpha value is 0. The maximum Gasteiger partial charge on any atom is -0.0414 e. The van der Waals surface area contributed by atoms with Crippen LogP contribution in [0.25, 0.3) is 0 Å². The van der Waals surface area contributed by atoms with E-state index < -0.39 is 0 Å². The fourth-order valence-corrected chi connectivity index (χ4v) is 7.27. The molecule has 0 spiro atoms. The summed E-state index contributed by atoms with van der Waals surface area (Å²) in [5.41, 5.74) is 0. The SMILES string of the molecule is CCCC[C@H]1CC[C@H](CC[C@H]2CC[C@H](CC[C@H]3CC[C@H](CCC)CC3)CC2)CC1. The molecule has 0 heterocycles. The quantitative estimate of drug-likeness (QED) is 0.322. The van der Waals surface area contributed by atoms with Gasteiger partial charge in [-0.2, -0.15) is 0 Å². The predicted molar refractivity (Wildman–Crippen MR) is 129 cm³/mol. The molecule has 0 unspecified atom stereocenters. The summed E-state index contributed by atoms with van der Waals surface area (Å²) < 4.78 is 0. The molecule has 0 saturated heterocycles. The van der Waals surface area contributed by atoms with E-state index in [4.69, 9.17) is 0 Å². The lowest BCUT2D eigenvalue weighted by Crippen LogP contribution is -2.19. The number of unbranched alkanes of at least 4 members (excludes halogenated alkanes) is 1. The molecule has 3 fully saturated rings. The summed E-state index contributed by atoms with van der Waals surface area (Å²) in [7, 11) is 0. The van der Waals surface area contributed by atoms with Crippen LogP contribution >= 0.6 is 0 Å². The highest BCUT2D eigenvalue weighted by molar-refractivity contribution is 4.78. The maximum absolute atomic E-state index is 2.36. The number of hydrogen-bond acceptors (Lipinski definition) is 0. The average molecular weight is 403 g/mol. The van der Waals surface area contributed by atoms with Crippen molar-refractivity contribution in [2.75, 3.05) is 0 Å². The first kappa shape index (κ1) is 23.7. The summed E-state index contributed by atoms with van der Waals surface area (Å²) in [4.78, 5) is 0. The summed E-state index contributed by atoms with van der Waals surface area (Å²) in [6, 6.07) is 0. The Kier molecular flexibility index (Phi) is 10.9. The molecular weight excluding hydrogens is 348 g/mol. The van der Waals surface area contributed by atoms with Gasteiger partial charge in [-0.1, -0.05) is 149 Å². The zero-order valence-electron chi connectivity index (χ0n) is 20.3. The second-order valence-electron chi connectivity index (χ2n) is 11.7. The second-order valence-corrected chi connectivity index (χ2v) is 11.7. The van der Waals surface area contributed by atoms with Gasteiger partial charge in [-0.05, 0) is 35.5 Å². The van der Waals surface area contributed by atoms with Crippen LogP contribution in [0.15, 0.2) is 0 Å². The smallest absolute Gasteiger partial charge is 0.0414 e. The highest BCUT2D eigenvalue weighted by Gasteiger charge is 2.26. The van der Waals surface area contributed by atoms with E-state index in [-0.39, 0.29) is 0 Å². The van der Waals surface area contributed by atoms with Gasteiger partial charge in [0.2, 0.25) is 0 Å². The van der Waals surface area contributed by atoms with Crippen LogP contribution in [0.4, 0.5) is 0 Å². The summed E-state index contributed by atoms with van der Waals surface area (Å²) in [6.45, 7) is 4.71. The minimum absolute atomic E-state index is 1.08. The summed E-state index contributed by atoms with van der Waals surface area (Å²) in [5.74, 6) is 6.53. The number of rotatable bonds is 11. The van der Waals surface area contributed by atoms with Crippen molar-refractivity contribution in [1.29, 1.82) is 0 Å². The fraction of sp³-hybridized carbons (Fsp3) is 1.00. The Morgan fingerprint density at radius 3 is 0.897 bits per heavy atom. The Bertz CT molecular complexity index is 388. The van der Waals surface area contributed by atoms with Gasteiger partial charge in [0, 0.05) is 0 Å². The van der Waals surface area contributed by atoms with Gasteiger partial charge >= 0.3 is 0 Å². The highest BCUT2D eigenvalue weighted by atomic mass is 14.3. The molecular formula is C29H54. The lowest BCUT2D eigenvalue weighted by atomic mass is 9.73. The Labute approximate surface area is 184 Å². The molecule has 0 aromatic rings. The molecule has 0 aromatic carbocycles. The third kappa shape index (κ3) is 8.57. The Morgan fingerprint density at radius 1 is 0.345 bits per heavy atom. The summed E-state index contributed by atoms with van der Waals surface area (Å²) in [6.07, 6.45) is 32.3. The Morgan fingerprint density at radius 2 is 0.621 bits per heavy atom. The van der Waals surface area contributed by atoms with Crippen molar-refractivity contribution in [1.82, 2.24) is 0 Å². The van der Waals surface area contributed by atoms with Crippen LogP contribution in [0, 0.1) is 35.5 Å². The van der Waals surface area contributed by atoms with Crippen molar-refractivity contribution < 1.29 is 0 Å². The topological polar surface area (TPSA) is 0 Å². The van der Waals surface area contributed by atoms with E-state index >= 15 is 0 Å². The molecule has 0 nitrogen and oxygen atoms in total. The van der Waals surface area contributed by atoms with Gasteiger partial charge in [-0.25, -0.2) is 0 Å². The minimum Gasteiger partial charge on any atom is -0.0654 e. The van der Waals surface area contributed by atoms with Crippen molar-refractivity contribution in [2.24, 2.45) is 35.5 Å². The first-order valence-electron chi connectivity index (χ1n) is 14.3. The molecule has 0 aliphatic heterocycles. The summed E-state index contributed by atoms with van der Waals surface area (Å²) >= 11 is 0. The third-order valence-electron chi connectivity index (χ3n) is 9.53. The molecule has 0 aromatic heterocycles. The molecule has 0 amide bonds. The van der Waals surface area contributed by atoms with Crippen molar-refractivity contribution in [3.63, 3.8) is 0 Å². The molecule has 0 atom stereocenters. The predicted octanol–water partition coefficient (Wildman–Crippen LogP) is 9.96. The van der Waals surface area contributed by atoms with Crippen molar-refractivity contribution >= 4 is 0 Å². The van der Waals surface area contributed by atoms with E-state index in [0.29, 0.717) is 0 Å². The van der Waals surface area contributed by atoms with Crippen molar-refractivity contribution in [3.8, 4) is 0 Å². The van der Waals surface area contributed by atoms with Gasteiger partial charge in [0.1, 0.15) is 0 Å². The van der Waals surface area contributed by atoms with Crippen LogP contribution < -0.4 is 0 Å². The first-order valence-corrected chi connectivity index (χ1v) is 14.3.